The number of carbonyl (C=O) groups excluding carboxylic acids is 1. The maximum atomic E-state index is 11.9. The Morgan fingerprint density at radius 3 is 2.79 bits per heavy atom. The first kappa shape index (κ1) is 11.7. The first-order valence-electron chi connectivity index (χ1n) is 6.19. The topological polar surface area (TPSA) is 49.7 Å². The molecule has 0 aromatic heterocycles. The fourth-order valence-electron chi connectivity index (χ4n) is 2.35. The Balaban J connectivity index is 1.87. The van der Waals surface area contributed by atoms with Crippen LogP contribution in [0.2, 0.25) is 0 Å². The summed E-state index contributed by atoms with van der Waals surface area (Å²) in [5.74, 6) is 0.0673. The van der Waals surface area contributed by atoms with Gasteiger partial charge < -0.3 is 5.11 Å². The molecule has 1 aliphatic heterocycles. The van der Waals surface area contributed by atoms with Crippen LogP contribution in [0.1, 0.15) is 21.5 Å². The summed E-state index contributed by atoms with van der Waals surface area (Å²) >= 11 is 0. The number of fused-ring (bicyclic) bond motifs is 1. The van der Waals surface area contributed by atoms with E-state index < -0.39 is 0 Å². The van der Waals surface area contributed by atoms with Crippen LogP contribution in [-0.4, -0.2) is 16.7 Å². The van der Waals surface area contributed by atoms with Crippen molar-refractivity contribution in [3.8, 4) is 5.75 Å². The minimum atomic E-state index is -0.169. The number of hydrogen-bond acceptors (Lipinski definition) is 2. The molecule has 0 fully saturated rings. The molecule has 2 aromatic rings. The van der Waals surface area contributed by atoms with E-state index in [2.05, 4.69) is 4.99 Å². The molecule has 0 saturated carbocycles. The first-order valence-corrected chi connectivity index (χ1v) is 6.19. The number of hydrogen-bond donors (Lipinski definition) is 1. The average Bonchev–Trinajstić information content (AvgIpc) is 2.39. The first-order chi connectivity index (χ1) is 9.22. The number of nitrogens with zero attached hydrogens (tertiary/aromatic N) is 1. The normalized spacial score (nSPS) is 13.9. The summed E-state index contributed by atoms with van der Waals surface area (Å²) in [6.45, 7) is 0. The highest BCUT2D eigenvalue weighted by Crippen LogP contribution is 2.19. The highest BCUT2D eigenvalue weighted by molar-refractivity contribution is 6.09. The average molecular weight is 251 g/mol. The summed E-state index contributed by atoms with van der Waals surface area (Å²) in [5, 5.41) is 9.45. The van der Waals surface area contributed by atoms with E-state index in [1.54, 1.807) is 18.2 Å². The summed E-state index contributed by atoms with van der Waals surface area (Å²) in [7, 11) is 0. The van der Waals surface area contributed by atoms with E-state index in [1.165, 1.54) is 0 Å². The number of amides is 1. The molecule has 0 spiro atoms. The molecule has 1 N–H and O–H groups in total. The third-order valence-corrected chi connectivity index (χ3v) is 3.22. The summed E-state index contributed by atoms with van der Waals surface area (Å²) in [6, 6.07) is 14.6. The van der Waals surface area contributed by atoms with Crippen LogP contribution in [0.5, 0.6) is 5.75 Å². The number of aromatic hydroxyl groups is 1. The Morgan fingerprint density at radius 1 is 1.11 bits per heavy atom. The van der Waals surface area contributed by atoms with Gasteiger partial charge in [-0.15, -0.1) is 0 Å². The Kier molecular flexibility index (Phi) is 2.88. The highest BCUT2D eigenvalue weighted by atomic mass is 16.3. The number of phenolic OH excluding ortho intramolecular Hbond substituents is 1. The van der Waals surface area contributed by atoms with Crippen molar-refractivity contribution in [2.75, 3.05) is 0 Å². The van der Waals surface area contributed by atoms with Crippen molar-refractivity contribution in [1.82, 2.24) is 0 Å². The van der Waals surface area contributed by atoms with Gasteiger partial charge in [-0.2, -0.15) is 0 Å². The van der Waals surface area contributed by atoms with Crippen molar-refractivity contribution < 1.29 is 9.90 Å². The van der Waals surface area contributed by atoms with Crippen molar-refractivity contribution >= 4 is 11.6 Å². The predicted molar refractivity (Wildman–Crippen MR) is 73.7 cm³/mol. The number of benzene rings is 2. The molecule has 0 atom stereocenters. The van der Waals surface area contributed by atoms with Crippen molar-refractivity contribution in [3.63, 3.8) is 0 Å². The van der Waals surface area contributed by atoms with Gasteiger partial charge in [0, 0.05) is 24.1 Å². The molecule has 0 unspecified atom stereocenters. The van der Waals surface area contributed by atoms with Gasteiger partial charge in [0.2, 0.25) is 0 Å². The lowest BCUT2D eigenvalue weighted by Crippen LogP contribution is -2.18. The van der Waals surface area contributed by atoms with Gasteiger partial charge in [0.05, 0.1) is 0 Å². The van der Waals surface area contributed by atoms with Crippen LogP contribution in [0.25, 0.3) is 0 Å². The molecule has 0 bridgehead atoms. The minimum Gasteiger partial charge on any atom is -0.508 e. The Morgan fingerprint density at radius 2 is 1.95 bits per heavy atom. The molecular formula is C16H13NO2. The summed E-state index contributed by atoms with van der Waals surface area (Å²) < 4.78 is 0. The van der Waals surface area contributed by atoms with Crippen molar-refractivity contribution in [3.05, 3.63) is 65.2 Å². The Labute approximate surface area is 111 Å². The van der Waals surface area contributed by atoms with Crippen molar-refractivity contribution in [1.29, 1.82) is 0 Å². The Hall–Kier alpha value is -2.42. The molecule has 19 heavy (non-hydrogen) atoms. The summed E-state index contributed by atoms with van der Waals surface area (Å²) in [5.41, 5.74) is 3.53. The minimum absolute atomic E-state index is 0.169. The van der Waals surface area contributed by atoms with E-state index >= 15 is 0 Å². The molecule has 1 heterocycles. The van der Waals surface area contributed by atoms with E-state index in [4.69, 9.17) is 0 Å². The zero-order valence-electron chi connectivity index (χ0n) is 10.3. The lowest BCUT2D eigenvalue weighted by atomic mass is 9.95. The van der Waals surface area contributed by atoms with Crippen molar-refractivity contribution in [2.24, 2.45) is 4.99 Å². The quantitative estimate of drug-likeness (QED) is 0.892. The standard InChI is InChI=1S/C16H13NO2/c18-14-6-3-4-11(9-14)8-13-10-12-5-1-2-7-15(12)16(19)17-13/h1-7,9,18H,8,10H2. The molecule has 3 nitrogen and oxygen atoms in total. The molecule has 3 heteroatoms. The molecule has 2 aromatic carbocycles. The second-order valence-electron chi connectivity index (χ2n) is 4.66. The van der Waals surface area contributed by atoms with E-state index in [1.807, 2.05) is 30.3 Å². The molecule has 0 radical (unpaired) electrons. The fourth-order valence-corrected chi connectivity index (χ4v) is 2.35. The van der Waals surface area contributed by atoms with E-state index in [0.29, 0.717) is 18.4 Å². The molecule has 1 aliphatic rings. The van der Waals surface area contributed by atoms with Gasteiger partial charge in [0.25, 0.3) is 5.91 Å². The van der Waals surface area contributed by atoms with Gasteiger partial charge in [-0.1, -0.05) is 30.3 Å². The third kappa shape index (κ3) is 2.40. The van der Waals surface area contributed by atoms with E-state index in [0.717, 1.165) is 16.8 Å². The molecule has 3 rings (SSSR count). The maximum Gasteiger partial charge on any atom is 0.277 e. The Bertz CT molecular complexity index is 674. The van der Waals surface area contributed by atoms with Crippen LogP contribution in [-0.2, 0) is 12.8 Å². The van der Waals surface area contributed by atoms with Crippen LogP contribution in [0.15, 0.2) is 53.5 Å². The lowest BCUT2D eigenvalue weighted by molar-refractivity contribution is 0.1000. The zero-order chi connectivity index (χ0) is 13.2. The highest BCUT2D eigenvalue weighted by Gasteiger charge is 2.18. The van der Waals surface area contributed by atoms with Gasteiger partial charge in [0.15, 0.2) is 0 Å². The number of carbonyl (C=O) groups is 1. The summed E-state index contributed by atoms with van der Waals surface area (Å²) in [6.07, 6.45) is 1.28. The van der Waals surface area contributed by atoms with E-state index in [-0.39, 0.29) is 11.7 Å². The molecule has 94 valence electrons. The van der Waals surface area contributed by atoms with Crippen LogP contribution in [0, 0.1) is 0 Å². The van der Waals surface area contributed by atoms with Crippen LogP contribution < -0.4 is 0 Å². The zero-order valence-corrected chi connectivity index (χ0v) is 10.3. The fraction of sp³-hybridized carbons (Fsp3) is 0.125. The molecular weight excluding hydrogens is 238 g/mol. The van der Waals surface area contributed by atoms with Crippen LogP contribution >= 0.6 is 0 Å². The van der Waals surface area contributed by atoms with Crippen LogP contribution in [0.4, 0.5) is 0 Å². The maximum absolute atomic E-state index is 11.9. The van der Waals surface area contributed by atoms with Gasteiger partial charge >= 0.3 is 0 Å². The van der Waals surface area contributed by atoms with Gasteiger partial charge in [-0.05, 0) is 29.3 Å². The van der Waals surface area contributed by atoms with Gasteiger partial charge in [-0.25, -0.2) is 4.99 Å². The number of phenols is 1. The van der Waals surface area contributed by atoms with Gasteiger partial charge in [0.1, 0.15) is 5.75 Å². The monoisotopic (exact) mass is 251 g/mol. The molecule has 0 aliphatic carbocycles. The van der Waals surface area contributed by atoms with Crippen LogP contribution in [0.3, 0.4) is 0 Å². The molecule has 0 saturated heterocycles. The van der Waals surface area contributed by atoms with Crippen molar-refractivity contribution in [2.45, 2.75) is 12.8 Å². The second kappa shape index (κ2) is 4.69. The SMILES string of the molecule is O=C1N=C(Cc2cccc(O)c2)Cc2ccccc21. The smallest absolute Gasteiger partial charge is 0.277 e. The third-order valence-electron chi connectivity index (χ3n) is 3.22. The molecule has 1 amide bonds. The summed E-state index contributed by atoms with van der Waals surface area (Å²) in [4.78, 5) is 16.1. The largest absolute Gasteiger partial charge is 0.508 e. The van der Waals surface area contributed by atoms with E-state index in [9.17, 15) is 9.90 Å². The number of rotatable bonds is 2. The lowest BCUT2D eigenvalue weighted by Gasteiger charge is -2.14. The predicted octanol–water partition coefficient (Wildman–Crippen LogP) is 2.77. The number of aliphatic imine (C=N–C) groups is 1. The second-order valence-corrected chi connectivity index (χ2v) is 4.66. The van der Waals surface area contributed by atoms with Gasteiger partial charge in [-0.3, -0.25) is 4.79 Å².